The van der Waals surface area contributed by atoms with Gasteiger partial charge in [-0.05, 0) is 45.0 Å². The molecule has 2 aliphatic heterocycles. The lowest BCUT2D eigenvalue weighted by molar-refractivity contribution is -0.122. The van der Waals surface area contributed by atoms with Crippen LogP contribution in [0.3, 0.4) is 0 Å². The van der Waals surface area contributed by atoms with Crippen molar-refractivity contribution in [1.82, 2.24) is 16.0 Å². The third kappa shape index (κ3) is 4.93. The minimum atomic E-state index is -1.03. The van der Waals surface area contributed by atoms with E-state index in [-0.39, 0.29) is 24.5 Å². The minimum Gasteiger partial charge on any atom is -0.494 e. The van der Waals surface area contributed by atoms with Crippen LogP contribution in [-0.2, 0) is 17.8 Å². The van der Waals surface area contributed by atoms with Gasteiger partial charge in [0.15, 0.2) is 0 Å². The molecule has 0 aromatic heterocycles. The Morgan fingerprint density at radius 3 is 2.82 bits per heavy atom. The Bertz CT molecular complexity index is 1110. The van der Waals surface area contributed by atoms with Crippen LogP contribution in [0.25, 0.3) is 0 Å². The van der Waals surface area contributed by atoms with E-state index in [1.165, 1.54) is 11.8 Å². The number of imide groups is 1. The topological polar surface area (TPSA) is 106 Å². The molecule has 4 rings (SSSR count). The summed E-state index contributed by atoms with van der Waals surface area (Å²) < 4.78 is 11.7. The number of rotatable bonds is 8. The summed E-state index contributed by atoms with van der Waals surface area (Å²) in [5, 5.41) is 7.87. The molecule has 8 nitrogen and oxygen atoms in total. The maximum atomic E-state index is 13.0. The predicted molar refractivity (Wildman–Crippen MR) is 125 cm³/mol. The Morgan fingerprint density at radius 2 is 2.09 bits per heavy atom. The van der Waals surface area contributed by atoms with Crippen molar-refractivity contribution in [2.75, 3.05) is 12.4 Å². The highest BCUT2D eigenvalue weighted by atomic mass is 32.2. The van der Waals surface area contributed by atoms with Gasteiger partial charge in [0.25, 0.3) is 11.8 Å². The van der Waals surface area contributed by atoms with Gasteiger partial charge < -0.3 is 20.1 Å². The van der Waals surface area contributed by atoms with Gasteiger partial charge in [-0.15, -0.1) is 11.8 Å². The van der Waals surface area contributed by atoms with Crippen molar-refractivity contribution in [1.29, 1.82) is 0 Å². The maximum absolute atomic E-state index is 13.0. The van der Waals surface area contributed by atoms with Gasteiger partial charge in [0.2, 0.25) is 0 Å². The molecule has 0 radical (unpaired) electrons. The highest BCUT2D eigenvalue weighted by Crippen LogP contribution is 2.35. The summed E-state index contributed by atoms with van der Waals surface area (Å²) in [4.78, 5) is 37.3. The standard InChI is InChI=1S/C24H27N3O5S/c1-4-31-18-10-15-9-14(2)32-19(15)11-16(18)12-25-21(28)17-7-5-6-8-20(17)33-13-24(3)22(29)26-23(30)27-24/h5-8,10-11,14H,4,9,12-13H2,1-3H3,(H,25,28)(H2,26,27,29,30)/t14-,24-/m1/s1. The van der Waals surface area contributed by atoms with Crippen LogP contribution in [0, 0.1) is 0 Å². The molecule has 0 spiro atoms. The van der Waals surface area contributed by atoms with Crippen LogP contribution in [0.15, 0.2) is 41.3 Å². The molecule has 2 atom stereocenters. The molecule has 2 aliphatic rings. The fourth-order valence-corrected chi connectivity index (χ4v) is 5.00. The van der Waals surface area contributed by atoms with Crippen LogP contribution < -0.4 is 25.4 Å². The molecule has 1 saturated heterocycles. The van der Waals surface area contributed by atoms with Crippen LogP contribution >= 0.6 is 11.8 Å². The number of hydrogen-bond donors (Lipinski definition) is 3. The van der Waals surface area contributed by atoms with Gasteiger partial charge in [0.1, 0.15) is 23.1 Å². The summed E-state index contributed by atoms with van der Waals surface area (Å²) in [5.74, 6) is 1.26. The largest absolute Gasteiger partial charge is 0.494 e. The van der Waals surface area contributed by atoms with Crippen molar-refractivity contribution < 1.29 is 23.9 Å². The van der Waals surface area contributed by atoms with Crippen molar-refractivity contribution >= 4 is 29.6 Å². The number of ether oxygens (including phenoxy) is 2. The van der Waals surface area contributed by atoms with Gasteiger partial charge in [-0.3, -0.25) is 14.9 Å². The molecule has 2 heterocycles. The number of thioether (sulfide) groups is 1. The molecule has 33 heavy (non-hydrogen) atoms. The lowest BCUT2D eigenvalue weighted by Gasteiger charge is -2.20. The first-order chi connectivity index (χ1) is 15.8. The number of fused-ring (bicyclic) bond motifs is 1. The lowest BCUT2D eigenvalue weighted by atomic mass is 10.1. The normalized spacial score (nSPS) is 21.1. The van der Waals surface area contributed by atoms with E-state index in [0.717, 1.165) is 33.9 Å². The number of hydrogen-bond acceptors (Lipinski definition) is 6. The predicted octanol–water partition coefficient (Wildman–Crippen LogP) is 3.03. The van der Waals surface area contributed by atoms with Crippen LogP contribution in [0.4, 0.5) is 4.79 Å². The third-order valence-electron chi connectivity index (χ3n) is 5.58. The maximum Gasteiger partial charge on any atom is 0.322 e. The number of benzene rings is 2. The SMILES string of the molecule is CCOc1cc2c(cc1CNC(=O)c1ccccc1SC[C@@]1(C)NC(=O)NC1=O)O[C@H](C)C2. The zero-order valence-corrected chi connectivity index (χ0v) is 19.6. The van der Waals surface area contributed by atoms with Crippen molar-refractivity contribution in [3.05, 3.63) is 53.1 Å². The molecule has 3 N–H and O–H groups in total. The van der Waals surface area contributed by atoms with E-state index >= 15 is 0 Å². The number of carbonyl (C=O) groups excluding carboxylic acids is 3. The van der Waals surface area contributed by atoms with Crippen molar-refractivity contribution in [2.45, 2.75) is 50.3 Å². The average molecular weight is 470 g/mol. The van der Waals surface area contributed by atoms with Gasteiger partial charge in [-0.2, -0.15) is 0 Å². The van der Waals surface area contributed by atoms with Gasteiger partial charge in [-0.1, -0.05) is 12.1 Å². The minimum absolute atomic E-state index is 0.122. The Morgan fingerprint density at radius 1 is 1.30 bits per heavy atom. The van der Waals surface area contributed by atoms with Gasteiger partial charge >= 0.3 is 6.03 Å². The molecule has 0 bridgehead atoms. The first kappa shape index (κ1) is 23.0. The molecule has 4 amide bonds. The van der Waals surface area contributed by atoms with E-state index in [2.05, 4.69) is 16.0 Å². The molecule has 2 aromatic rings. The van der Waals surface area contributed by atoms with Crippen LogP contribution in [0.5, 0.6) is 11.5 Å². The Kier molecular flexibility index (Phi) is 6.51. The van der Waals surface area contributed by atoms with Crippen LogP contribution in [0.1, 0.15) is 42.3 Å². The third-order valence-corrected chi connectivity index (χ3v) is 6.97. The molecule has 1 fully saturated rings. The highest BCUT2D eigenvalue weighted by molar-refractivity contribution is 7.99. The van der Waals surface area contributed by atoms with Gasteiger partial charge in [0, 0.05) is 34.7 Å². The first-order valence-electron chi connectivity index (χ1n) is 10.9. The van der Waals surface area contributed by atoms with E-state index < -0.39 is 11.6 Å². The Labute approximate surface area is 196 Å². The Balaban J connectivity index is 1.46. The van der Waals surface area contributed by atoms with Crippen molar-refractivity contribution in [2.24, 2.45) is 0 Å². The van der Waals surface area contributed by atoms with E-state index in [1.807, 2.05) is 38.1 Å². The Hall–Kier alpha value is -3.20. The van der Waals surface area contributed by atoms with Crippen LogP contribution in [-0.4, -0.2) is 41.8 Å². The number of nitrogens with one attached hydrogen (secondary N) is 3. The van der Waals surface area contributed by atoms with E-state index in [4.69, 9.17) is 9.47 Å². The van der Waals surface area contributed by atoms with Crippen molar-refractivity contribution in [3.63, 3.8) is 0 Å². The quantitative estimate of drug-likeness (QED) is 0.405. The monoisotopic (exact) mass is 469 g/mol. The molecule has 0 unspecified atom stereocenters. The van der Waals surface area contributed by atoms with Gasteiger partial charge in [0.05, 0.1) is 12.2 Å². The molecule has 2 aromatic carbocycles. The second-order valence-corrected chi connectivity index (χ2v) is 9.36. The molecular weight excluding hydrogens is 442 g/mol. The summed E-state index contributed by atoms with van der Waals surface area (Å²) in [7, 11) is 0. The molecule has 9 heteroatoms. The number of carbonyl (C=O) groups is 3. The van der Waals surface area contributed by atoms with E-state index in [9.17, 15) is 14.4 Å². The van der Waals surface area contributed by atoms with Crippen LogP contribution in [0.2, 0.25) is 0 Å². The highest BCUT2D eigenvalue weighted by Gasteiger charge is 2.42. The first-order valence-corrected chi connectivity index (χ1v) is 11.9. The number of amides is 4. The molecule has 174 valence electrons. The summed E-state index contributed by atoms with van der Waals surface area (Å²) >= 11 is 1.35. The fourth-order valence-electron chi connectivity index (χ4n) is 3.86. The smallest absolute Gasteiger partial charge is 0.322 e. The lowest BCUT2D eigenvalue weighted by Crippen LogP contribution is -2.46. The number of urea groups is 1. The van der Waals surface area contributed by atoms with E-state index in [0.29, 0.717) is 17.9 Å². The van der Waals surface area contributed by atoms with Gasteiger partial charge in [-0.25, -0.2) is 4.79 Å². The summed E-state index contributed by atoms with van der Waals surface area (Å²) in [5.41, 5.74) is 1.43. The molecular formula is C24H27N3O5S. The second-order valence-electron chi connectivity index (χ2n) is 8.34. The fraction of sp³-hybridized carbons (Fsp3) is 0.375. The summed E-state index contributed by atoms with van der Waals surface area (Å²) in [6.07, 6.45) is 0.959. The summed E-state index contributed by atoms with van der Waals surface area (Å²) in [6, 6.07) is 10.6. The van der Waals surface area contributed by atoms with Crippen molar-refractivity contribution in [3.8, 4) is 11.5 Å². The summed E-state index contributed by atoms with van der Waals surface area (Å²) in [6.45, 7) is 6.43. The van der Waals surface area contributed by atoms with E-state index in [1.54, 1.807) is 19.1 Å². The zero-order valence-electron chi connectivity index (χ0n) is 18.8. The average Bonchev–Trinajstić information content (AvgIpc) is 3.27. The second kappa shape index (κ2) is 9.35. The molecule has 0 saturated carbocycles. The zero-order chi connectivity index (χ0) is 23.6. The molecule has 0 aliphatic carbocycles.